The maximum absolute atomic E-state index is 12.3. The molecule has 0 aliphatic carbocycles. The Morgan fingerprint density at radius 2 is 2.08 bits per heavy atom. The molecular weight excluding hydrogens is 386 g/mol. The molecule has 1 aliphatic heterocycles. The Bertz CT molecular complexity index is 997. The van der Waals surface area contributed by atoms with Gasteiger partial charge in [0.15, 0.2) is 11.5 Å². The largest absolute Gasteiger partial charge is 0.493 e. The number of amides is 1. The number of hydrogen-bond acceptors (Lipinski definition) is 4. The van der Waals surface area contributed by atoms with E-state index in [1.165, 1.54) is 0 Å². The molecule has 0 spiro atoms. The van der Waals surface area contributed by atoms with Gasteiger partial charge >= 0.3 is 0 Å². The monoisotopic (exact) mass is 401 g/mol. The van der Waals surface area contributed by atoms with Crippen LogP contribution in [0.5, 0.6) is 11.5 Å². The normalized spacial score (nSPS) is 13.5. The third kappa shape index (κ3) is 2.46. The van der Waals surface area contributed by atoms with Crippen LogP contribution in [0, 0.1) is 0 Å². The van der Waals surface area contributed by atoms with Crippen molar-refractivity contribution in [3.8, 4) is 22.9 Å². The maximum atomic E-state index is 12.3. The van der Waals surface area contributed by atoms with Crippen molar-refractivity contribution in [3.63, 3.8) is 0 Å². The predicted octanol–water partition coefficient (Wildman–Crippen LogP) is 3.23. The van der Waals surface area contributed by atoms with Gasteiger partial charge in [0.2, 0.25) is 0 Å². The predicted molar refractivity (Wildman–Crippen MR) is 98.3 cm³/mol. The number of para-hydroxylation sites is 1. The quantitative estimate of drug-likeness (QED) is 0.731. The van der Waals surface area contributed by atoms with Gasteiger partial charge in [0.05, 0.1) is 35.3 Å². The molecule has 25 heavy (non-hydrogen) atoms. The van der Waals surface area contributed by atoms with E-state index in [-0.39, 0.29) is 5.91 Å². The van der Waals surface area contributed by atoms with E-state index in [4.69, 9.17) is 14.5 Å². The van der Waals surface area contributed by atoms with Crippen LogP contribution >= 0.6 is 15.9 Å². The number of nitrogens with zero attached hydrogens (tertiary/aromatic N) is 2. The summed E-state index contributed by atoms with van der Waals surface area (Å²) < 4.78 is 13.7. The summed E-state index contributed by atoms with van der Waals surface area (Å²) in [7, 11) is 3.20. The van der Waals surface area contributed by atoms with Gasteiger partial charge in [-0.05, 0) is 40.2 Å². The minimum Gasteiger partial charge on any atom is -0.493 e. The molecule has 128 valence electrons. The molecule has 1 amide bonds. The molecule has 4 rings (SSSR count). The lowest BCUT2D eigenvalue weighted by Crippen LogP contribution is -2.24. The van der Waals surface area contributed by atoms with E-state index in [2.05, 4.69) is 25.8 Å². The summed E-state index contributed by atoms with van der Waals surface area (Å²) in [6, 6.07) is 9.46. The van der Waals surface area contributed by atoms with Gasteiger partial charge in [-0.25, -0.2) is 4.98 Å². The molecule has 0 unspecified atom stereocenters. The number of benzene rings is 2. The number of ether oxygens (including phenoxy) is 2. The first-order valence-corrected chi connectivity index (χ1v) is 8.62. The van der Waals surface area contributed by atoms with Gasteiger partial charge in [-0.2, -0.15) is 0 Å². The molecule has 1 aromatic heterocycles. The van der Waals surface area contributed by atoms with Crippen molar-refractivity contribution < 1.29 is 14.3 Å². The zero-order valence-electron chi connectivity index (χ0n) is 13.8. The van der Waals surface area contributed by atoms with Gasteiger partial charge in [0, 0.05) is 18.7 Å². The number of carbonyl (C=O) groups excluding carboxylic acids is 1. The van der Waals surface area contributed by atoms with Crippen LogP contribution < -0.4 is 14.8 Å². The Balaban J connectivity index is 1.99. The summed E-state index contributed by atoms with van der Waals surface area (Å²) in [6.07, 6.45) is 0. The molecule has 6 nitrogen and oxygen atoms in total. The fourth-order valence-electron chi connectivity index (χ4n) is 3.23. The van der Waals surface area contributed by atoms with Crippen molar-refractivity contribution in [2.45, 2.75) is 6.54 Å². The highest BCUT2D eigenvalue weighted by Crippen LogP contribution is 2.40. The first-order valence-electron chi connectivity index (χ1n) is 7.83. The Kier molecular flexibility index (Phi) is 3.88. The van der Waals surface area contributed by atoms with Gasteiger partial charge < -0.3 is 19.4 Å². The number of nitrogens with one attached hydrogen (secondary N) is 1. The van der Waals surface area contributed by atoms with Crippen LogP contribution in [0.15, 0.2) is 34.8 Å². The van der Waals surface area contributed by atoms with E-state index in [0.717, 1.165) is 26.9 Å². The summed E-state index contributed by atoms with van der Waals surface area (Å²) in [4.78, 5) is 17.0. The SMILES string of the molecule is COc1cc(-c2nc3cccc4c3n2CCNC4=O)cc(Br)c1OC. The van der Waals surface area contributed by atoms with Crippen molar-refractivity contribution in [3.05, 3.63) is 40.4 Å². The van der Waals surface area contributed by atoms with Crippen LogP contribution in [-0.4, -0.2) is 36.2 Å². The number of imidazole rings is 1. The fourth-order valence-corrected chi connectivity index (χ4v) is 3.83. The molecule has 0 fully saturated rings. The average Bonchev–Trinajstić information content (AvgIpc) is 2.90. The second-order valence-corrected chi connectivity index (χ2v) is 6.56. The van der Waals surface area contributed by atoms with E-state index in [9.17, 15) is 4.79 Å². The number of aromatic nitrogens is 2. The Morgan fingerprint density at radius 3 is 2.84 bits per heavy atom. The molecule has 0 bridgehead atoms. The van der Waals surface area contributed by atoms with Gasteiger partial charge in [-0.15, -0.1) is 0 Å². The van der Waals surface area contributed by atoms with Crippen LogP contribution in [0.25, 0.3) is 22.4 Å². The Morgan fingerprint density at radius 1 is 1.24 bits per heavy atom. The molecule has 0 atom stereocenters. The second kappa shape index (κ2) is 6.07. The van der Waals surface area contributed by atoms with E-state index < -0.39 is 0 Å². The van der Waals surface area contributed by atoms with E-state index in [1.54, 1.807) is 14.2 Å². The fraction of sp³-hybridized carbons (Fsp3) is 0.222. The van der Waals surface area contributed by atoms with Crippen molar-refractivity contribution in [2.24, 2.45) is 0 Å². The molecule has 1 aliphatic rings. The lowest BCUT2D eigenvalue weighted by molar-refractivity contribution is 0.0956. The zero-order chi connectivity index (χ0) is 17.6. The molecule has 0 radical (unpaired) electrons. The van der Waals surface area contributed by atoms with Gasteiger partial charge in [0.1, 0.15) is 5.82 Å². The van der Waals surface area contributed by atoms with E-state index in [0.29, 0.717) is 30.2 Å². The molecule has 2 heterocycles. The van der Waals surface area contributed by atoms with E-state index >= 15 is 0 Å². The van der Waals surface area contributed by atoms with Crippen molar-refractivity contribution in [1.29, 1.82) is 0 Å². The van der Waals surface area contributed by atoms with Crippen LogP contribution in [0.3, 0.4) is 0 Å². The van der Waals surface area contributed by atoms with Gasteiger partial charge in [0.25, 0.3) is 5.91 Å². The standard InChI is InChI=1S/C18H16BrN3O3/c1-24-14-9-10(8-12(19)16(14)25-2)17-21-13-5-3-4-11-15(13)22(17)7-6-20-18(11)23/h3-5,8-9H,6-7H2,1-2H3,(H,20,23). The number of hydrogen-bond donors (Lipinski definition) is 1. The van der Waals surface area contributed by atoms with Crippen molar-refractivity contribution >= 4 is 32.9 Å². The van der Waals surface area contributed by atoms with Crippen molar-refractivity contribution in [2.75, 3.05) is 20.8 Å². The average molecular weight is 402 g/mol. The van der Waals surface area contributed by atoms with Crippen LogP contribution in [-0.2, 0) is 6.54 Å². The summed E-state index contributed by atoms with van der Waals surface area (Å²) in [6.45, 7) is 1.21. The number of carbonyl (C=O) groups is 1. The first kappa shape index (κ1) is 16.0. The lowest BCUT2D eigenvalue weighted by atomic mass is 10.1. The minimum absolute atomic E-state index is 0.0655. The molecule has 2 aromatic carbocycles. The number of rotatable bonds is 3. The van der Waals surface area contributed by atoms with Crippen LogP contribution in [0.4, 0.5) is 0 Å². The highest BCUT2D eigenvalue weighted by atomic mass is 79.9. The van der Waals surface area contributed by atoms with Gasteiger partial charge in [-0.3, -0.25) is 4.79 Å². The number of halogens is 1. The molecule has 3 aromatic rings. The summed E-state index contributed by atoms with van der Waals surface area (Å²) in [5.41, 5.74) is 3.20. The highest BCUT2D eigenvalue weighted by Gasteiger charge is 2.23. The maximum Gasteiger partial charge on any atom is 0.253 e. The summed E-state index contributed by atoms with van der Waals surface area (Å²) in [5, 5.41) is 2.93. The topological polar surface area (TPSA) is 65.4 Å². The molecular formula is C18H16BrN3O3. The van der Waals surface area contributed by atoms with Crippen LogP contribution in [0.1, 0.15) is 10.4 Å². The molecule has 7 heteroatoms. The molecule has 0 saturated heterocycles. The third-order valence-corrected chi connectivity index (χ3v) is 4.91. The summed E-state index contributed by atoms with van der Waals surface area (Å²) in [5.74, 6) is 1.98. The smallest absolute Gasteiger partial charge is 0.253 e. The first-order chi connectivity index (χ1) is 12.1. The summed E-state index contributed by atoms with van der Waals surface area (Å²) >= 11 is 3.53. The van der Waals surface area contributed by atoms with Crippen molar-refractivity contribution in [1.82, 2.24) is 14.9 Å². The Hall–Kier alpha value is -2.54. The molecule has 0 saturated carbocycles. The minimum atomic E-state index is -0.0655. The van der Waals surface area contributed by atoms with Gasteiger partial charge in [-0.1, -0.05) is 6.07 Å². The highest BCUT2D eigenvalue weighted by molar-refractivity contribution is 9.10. The second-order valence-electron chi connectivity index (χ2n) is 5.71. The Labute approximate surface area is 152 Å². The third-order valence-electron chi connectivity index (χ3n) is 4.32. The zero-order valence-corrected chi connectivity index (χ0v) is 15.4. The number of methoxy groups -OCH3 is 2. The lowest BCUT2D eigenvalue weighted by Gasteiger charge is -2.13. The molecule has 1 N–H and O–H groups in total. The van der Waals surface area contributed by atoms with E-state index in [1.807, 2.05) is 30.3 Å². The van der Waals surface area contributed by atoms with Crippen LogP contribution in [0.2, 0.25) is 0 Å².